The maximum absolute atomic E-state index is 13.8. The molecule has 0 saturated heterocycles. The van der Waals surface area contributed by atoms with Crippen molar-refractivity contribution >= 4 is 52.5 Å². The molecule has 11 heteroatoms. The molecule has 0 saturated carbocycles. The van der Waals surface area contributed by atoms with Crippen molar-refractivity contribution in [3.63, 3.8) is 0 Å². The number of benzene rings is 4. The highest BCUT2D eigenvalue weighted by atomic mass is 16.5. The van der Waals surface area contributed by atoms with Crippen LogP contribution in [0.15, 0.2) is 113 Å². The van der Waals surface area contributed by atoms with Gasteiger partial charge in [0.15, 0.2) is 23.0 Å². The summed E-state index contributed by atoms with van der Waals surface area (Å²) >= 11 is 0. The molecule has 0 fully saturated rings. The maximum atomic E-state index is 13.8. The van der Waals surface area contributed by atoms with E-state index >= 15 is 0 Å². The van der Waals surface area contributed by atoms with E-state index in [-0.39, 0.29) is 23.9 Å². The molecule has 2 N–H and O–H groups in total. The fourth-order valence-corrected chi connectivity index (χ4v) is 7.10. The van der Waals surface area contributed by atoms with E-state index in [1.54, 1.807) is 60.7 Å². The number of anilines is 1. The third-order valence-corrected chi connectivity index (χ3v) is 10.0. The van der Waals surface area contributed by atoms with Crippen molar-refractivity contribution in [2.75, 3.05) is 33.2 Å². The highest BCUT2D eigenvalue weighted by Crippen LogP contribution is 2.42. The molecule has 272 valence electrons. The number of nitrogens with zero attached hydrogens (tertiary/aromatic N) is 4. The first kappa shape index (κ1) is 34.5. The Morgan fingerprint density at radius 3 is 1.87 bits per heavy atom. The number of aliphatic imine (C=N–C) groups is 2. The van der Waals surface area contributed by atoms with Crippen molar-refractivity contribution in [1.82, 2.24) is 9.80 Å². The van der Waals surface area contributed by atoms with Gasteiger partial charge < -0.3 is 34.5 Å². The summed E-state index contributed by atoms with van der Waals surface area (Å²) < 4.78 is 23.5. The zero-order valence-electron chi connectivity index (χ0n) is 30.0. The predicted octanol–water partition coefficient (Wildman–Crippen LogP) is 7.63. The molecule has 4 aliphatic heterocycles. The summed E-state index contributed by atoms with van der Waals surface area (Å²) in [4.78, 5) is 40.3. The number of carbonyl (C=O) groups excluding carboxylic acids is 2. The maximum Gasteiger partial charge on any atom is 0.260 e. The molecule has 4 aromatic rings. The zero-order valence-corrected chi connectivity index (χ0v) is 30.0. The van der Waals surface area contributed by atoms with E-state index in [2.05, 4.69) is 6.58 Å². The lowest BCUT2D eigenvalue weighted by Gasteiger charge is -2.19. The lowest BCUT2D eigenvalue weighted by atomic mass is 9.97. The predicted molar refractivity (Wildman–Crippen MR) is 209 cm³/mol. The molecular weight excluding hydrogens is 683 g/mol. The van der Waals surface area contributed by atoms with Gasteiger partial charge in [0.05, 0.1) is 62.0 Å². The number of nitrogen functional groups attached to an aromatic ring is 1. The summed E-state index contributed by atoms with van der Waals surface area (Å²) in [6.45, 7) is 4.89. The molecule has 8 rings (SSSR count). The van der Waals surface area contributed by atoms with Gasteiger partial charge in [-0.25, -0.2) is 0 Å². The Morgan fingerprint density at radius 2 is 1.30 bits per heavy atom. The first-order valence-electron chi connectivity index (χ1n) is 17.8. The van der Waals surface area contributed by atoms with Crippen LogP contribution in [0, 0.1) is 0 Å². The van der Waals surface area contributed by atoms with Crippen LogP contribution in [0.1, 0.15) is 51.1 Å². The summed E-state index contributed by atoms with van der Waals surface area (Å²) in [6.07, 6.45) is 9.17. The number of ether oxygens (including phenoxy) is 4. The second kappa shape index (κ2) is 14.4. The number of methoxy groups -OCH3 is 2. The van der Waals surface area contributed by atoms with Gasteiger partial charge >= 0.3 is 0 Å². The number of fused-ring (bicyclic) bond motifs is 4. The van der Waals surface area contributed by atoms with E-state index in [1.165, 1.54) is 0 Å². The van der Waals surface area contributed by atoms with Gasteiger partial charge in [0.2, 0.25) is 0 Å². The van der Waals surface area contributed by atoms with Crippen LogP contribution in [0.25, 0.3) is 11.1 Å². The first-order chi connectivity index (χ1) is 26.3. The molecule has 11 nitrogen and oxygen atoms in total. The van der Waals surface area contributed by atoms with E-state index in [0.717, 1.165) is 27.8 Å². The Morgan fingerprint density at radius 1 is 0.741 bits per heavy atom. The number of allylic oxidation sites excluding steroid dienone is 1. The van der Waals surface area contributed by atoms with E-state index in [9.17, 15) is 9.59 Å². The van der Waals surface area contributed by atoms with Crippen LogP contribution in [-0.4, -0.2) is 73.6 Å². The van der Waals surface area contributed by atoms with Gasteiger partial charge in [-0.15, -0.1) is 0 Å². The molecule has 0 aromatic heterocycles. The van der Waals surface area contributed by atoms with E-state index < -0.39 is 0 Å². The molecule has 4 aromatic carbocycles. The summed E-state index contributed by atoms with van der Waals surface area (Å²) in [7, 11) is 3.08. The minimum absolute atomic E-state index is 0.160. The van der Waals surface area contributed by atoms with Crippen molar-refractivity contribution in [2.45, 2.75) is 31.3 Å². The number of rotatable bonds is 11. The Bertz CT molecular complexity index is 2280. The highest BCUT2D eigenvalue weighted by molar-refractivity contribution is 6.06. The highest BCUT2D eigenvalue weighted by Gasteiger charge is 2.35. The average Bonchev–Trinajstić information content (AvgIpc) is 3.78. The summed E-state index contributed by atoms with van der Waals surface area (Å²) in [5, 5.41) is 0. The quantitative estimate of drug-likeness (QED) is 0.125. The fraction of sp³-hybridized carbons (Fsp3) is 0.209. The number of hydrogen-bond donors (Lipinski definition) is 1. The first-order valence-corrected chi connectivity index (χ1v) is 17.8. The van der Waals surface area contributed by atoms with Crippen molar-refractivity contribution < 1.29 is 28.5 Å². The topological polar surface area (TPSA) is 128 Å². The van der Waals surface area contributed by atoms with Gasteiger partial charge in [0.1, 0.15) is 0 Å². The lowest BCUT2D eigenvalue weighted by molar-refractivity contribution is 0.0809. The Labute approximate surface area is 313 Å². The smallest absolute Gasteiger partial charge is 0.260 e. The summed E-state index contributed by atoms with van der Waals surface area (Å²) in [6, 6.07) is 24.0. The van der Waals surface area contributed by atoms with Crippen molar-refractivity contribution in [2.24, 2.45) is 9.98 Å². The monoisotopic (exact) mass is 721 g/mol. The van der Waals surface area contributed by atoms with Gasteiger partial charge in [0.25, 0.3) is 11.8 Å². The van der Waals surface area contributed by atoms with Gasteiger partial charge in [-0.3, -0.25) is 19.6 Å². The van der Waals surface area contributed by atoms with Crippen LogP contribution in [0.5, 0.6) is 23.0 Å². The third kappa shape index (κ3) is 6.49. The van der Waals surface area contributed by atoms with Gasteiger partial charge in [-0.05, 0) is 52.1 Å². The lowest BCUT2D eigenvalue weighted by Crippen LogP contribution is -2.32. The molecule has 0 aliphatic carbocycles. The molecular formula is C43H39N5O6. The van der Waals surface area contributed by atoms with Crippen molar-refractivity contribution in [3.8, 4) is 23.0 Å². The number of nitrogens with two attached hydrogens (primary N) is 1. The summed E-state index contributed by atoms with van der Waals surface area (Å²) in [5.74, 6) is 1.48. The number of hydrogen-bond acceptors (Lipinski definition) is 9. The standard InChI is InChI=1S/C43H39N5O6/c1-26(27-8-5-4-6-9-27)29-16-32-22-45-36-20-40(38(51-2)18-34(36)42(49)47(32)24-29)53-14-7-15-54-41-21-37-35(19-39(41)52-3)43(50)48-25-30(17-33(48)23-46-37)28-10-12-31(44)13-11-28/h4-6,8-13,18-25,32-33H,1,7,14-17,44H2,2-3H3/t32-,33-/m0/s1. The molecule has 0 radical (unpaired) electrons. The summed E-state index contributed by atoms with van der Waals surface area (Å²) in [5.41, 5.74) is 13.4. The SMILES string of the molecule is C=C(C1=CN2C(=O)c3cc(OC)c(OCCCOc4cc5c(cc4OC)C(=O)N4C=C(c6ccc(N)cc6)C[C@H]4C=N5)cc3N=C[C@@H]2C1)c1ccccc1. The van der Waals surface area contributed by atoms with Crippen molar-refractivity contribution in [3.05, 3.63) is 126 Å². The Hall–Kier alpha value is -6.62. The van der Waals surface area contributed by atoms with E-state index in [4.69, 9.17) is 34.7 Å². The van der Waals surface area contributed by atoms with Crippen LogP contribution >= 0.6 is 0 Å². The second-order valence-electron chi connectivity index (χ2n) is 13.4. The van der Waals surface area contributed by atoms with Gasteiger partial charge in [-0.1, -0.05) is 49.0 Å². The molecule has 2 amide bonds. The average molecular weight is 722 g/mol. The Balaban J connectivity index is 0.910. The van der Waals surface area contributed by atoms with Crippen LogP contribution in [0.4, 0.5) is 17.1 Å². The van der Waals surface area contributed by atoms with Crippen LogP contribution < -0.4 is 24.7 Å². The van der Waals surface area contributed by atoms with Crippen LogP contribution in [-0.2, 0) is 0 Å². The molecule has 4 heterocycles. The molecule has 0 unspecified atom stereocenters. The number of carbonyl (C=O) groups is 2. The van der Waals surface area contributed by atoms with E-state index in [0.29, 0.717) is 83.7 Å². The van der Waals surface area contributed by atoms with Crippen molar-refractivity contribution in [1.29, 1.82) is 0 Å². The van der Waals surface area contributed by atoms with Gasteiger partial charge in [0, 0.05) is 61.9 Å². The number of amides is 2. The molecule has 0 spiro atoms. The molecule has 54 heavy (non-hydrogen) atoms. The van der Waals surface area contributed by atoms with E-state index in [1.807, 2.05) is 67.0 Å². The Kier molecular flexibility index (Phi) is 9.20. The fourth-order valence-electron chi connectivity index (χ4n) is 7.10. The third-order valence-electron chi connectivity index (χ3n) is 10.0. The van der Waals surface area contributed by atoms with Crippen LogP contribution in [0.3, 0.4) is 0 Å². The minimum Gasteiger partial charge on any atom is -0.493 e. The van der Waals surface area contributed by atoms with Gasteiger partial charge in [-0.2, -0.15) is 0 Å². The molecule has 2 atom stereocenters. The zero-order chi connectivity index (χ0) is 37.3. The molecule has 4 aliphatic rings. The second-order valence-corrected chi connectivity index (χ2v) is 13.4. The largest absolute Gasteiger partial charge is 0.493 e. The molecule has 0 bridgehead atoms. The minimum atomic E-state index is -0.219. The van der Waals surface area contributed by atoms with Crippen LogP contribution in [0.2, 0.25) is 0 Å². The normalized spacial score (nSPS) is 18.1.